The number of hydrogen-bond donors (Lipinski definition) is 6. The molecule has 0 saturated carbocycles. The highest BCUT2D eigenvalue weighted by atomic mass is 16.4. The summed E-state index contributed by atoms with van der Waals surface area (Å²) in [6.45, 7) is 4.34. The predicted molar refractivity (Wildman–Crippen MR) is 113 cm³/mol. The van der Waals surface area contributed by atoms with Crippen LogP contribution in [-0.4, -0.2) is 73.2 Å². The van der Waals surface area contributed by atoms with E-state index in [9.17, 15) is 19.2 Å². The molecule has 0 aromatic heterocycles. The van der Waals surface area contributed by atoms with Crippen LogP contribution in [0.25, 0.3) is 0 Å². The van der Waals surface area contributed by atoms with E-state index in [0.717, 1.165) is 77.5 Å². The summed E-state index contributed by atoms with van der Waals surface area (Å²) in [5, 5.41) is 28.0. The average Bonchev–Trinajstić information content (AvgIpc) is 2.71. The maximum absolute atomic E-state index is 10.3. The van der Waals surface area contributed by atoms with Gasteiger partial charge in [0.1, 0.15) is 0 Å². The van der Waals surface area contributed by atoms with E-state index in [0.29, 0.717) is 13.1 Å². The number of carboxylic acid groups (broad SMARTS) is 2. The summed E-state index contributed by atoms with van der Waals surface area (Å²) < 4.78 is 0. The average molecular weight is 431 g/mol. The minimum Gasteiger partial charge on any atom is -0.481 e. The van der Waals surface area contributed by atoms with E-state index < -0.39 is 11.9 Å². The van der Waals surface area contributed by atoms with Gasteiger partial charge in [-0.25, -0.2) is 0 Å². The molecule has 2 heterocycles. The Balaban J connectivity index is 0.000000487. The molecule has 2 aliphatic rings. The first-order valence-electron chi connectivity index (χ1n) is 10.8. The van der Waals surface area contributed by atoms with Crippen molar-refractivity contribution in [2.75, 3.05) is 39.3 Å². The number of rotatable bonds is 11. The van der Waals surface area contributed by atoms with Crippen LogP contribution in [-0.2, 0) is 19.2 Å². The molecule has 0 spiro atoms. The highest BCUT2D eigenvalue weighted by molar-refractivity contribution is 5.78. The van der Waals surface area contributed by atoms with Gasteiger partial charge in [-0.2, -0.15) is 0 Å². The van der Waals surface area contributed by atoms with Gasteiger partial charge in [0.15, 0.2) is 0 Å². The third-order valence-electron chi connectivity index (χ3n) is 4.35. The lowest BCUT2D eigenvalue weighted by Gasteiger charge is -2.11. The van der Waals surface area contributed by atoms with Gasteiger partial charge in [-0.1, -0.05) is 38.5 Å². The zero-order valence-electron chi connectivity index (χ0n) is 17.8. The molecule has 0 radical (unpaired) electrons. The van der Waals surface area contributed by atoms with Crippen LogP contribution in [0.4, 0.5) is 0 Å². The largest absolute Gasteiger partial charge is 0.481 e. The van der Waals surface area contributed by atoms with Crippen molar-refractivity contribution in [3.05, 3.63) is 0 Å². The SMILES string of the molecule is O=C(O)CCCCCCCCCCC(=O)O.O=C1CNCCN1.O=C1CNCCN1. The van der Waals surface area contributed by atoms with E-state index in [1.807, 2.05) is 0 Å². The van der Waals surface area contributed by atoms with E-state index in [1.54, 1.807) is 0 Å². The lowest BCUT2D eigenvalue weighted by Crippen LogP contribution is -2.44. The highest BCUT2D eigenvalue weighted by Crippen LogP contribution is 2.10. The van der Waals surface area contributed by atoms with Gasteiger partial charge in [0.2, 0.25) is 11.8 Å². The first kappa shape index (κ1) is 27.8. The predicted octanol–water partition coefficient (Wildman–Crippen LogP) is 0.468. The second-order valence-corrected chi connectivity index (χ2v) is 7.17. The molecular formula is C20H38N4O6. The normalized spacial score (nSPS) is 15.5. The second-order valence-electron chi connectivity index (χ2n) is 7.17. The van der Waals surface area contributed by atoms with Gasteiger partial charge in [-0.05, 0) is 12.8 Å². The smallest absolute Gasteiger partial charge is 0.303 e. The topological polar surface area (TPSA) is 157 Å². The van der Waals surface area contributed by atoms with E-state index in [2.05, 4.69) is 21.3 Å². The number of piperazine rings is 2. The molecule has 0 unspecified atom stereocenters. The van der Waals surface area contributed by atoms with Crippen LogP contribution in [0.2, 0.25) is 0 Å². The first-order valence-corrected chi connectivity index (χ1v) is 10.8. The minimum atomic E-state index is -0.714. The summed E-state index contributed by atoms with van der Waals surface area (Å²) in [4.78, 5) is 41.0. The Hall–Kier alpha value is -2.20. The van der Waals surface area contributed by atoms with Crippen LogP contribution in [0.15, 0.2) is 0 Å². The lowest BCUT2D eigenvalue weighted by atomic mass is 10.1. The number of carbonyl (C=O) groups is 4. The summed E-state index contributed by atoms with van der Waals surface area (Å²) in [7, 11) is 0. The van der Waals surface area contributed by atoms with Crippen molar-refractivity contribution < 1.29 is 29.4 Å². The van der Waals surface area contributed by atoms with Gasteiger partial charge in [0.25, 0.3) is 0 Å². The quantitative estimate of drug-likeness (QED) is 0.258. The fourth-order valence-corrected chi connectivity index (χ4v) is 2.72. The number of unbranched alkanes of at least 4 members (excludes halogenated alkanes) is 7. The molecule has 2 aliphatic heterocycles. The molecule has 174 valence electrons. The number of aliphatic carboxylic acids is 2. The zero-order valence-corrected chi connectivity index (χ0v) is 17.8. The van der Waals surface area contributed by atoms with Gasteiger partial charge in [-0.3, -0.25) is 19.2 Å². The molecule has 2 saturated heterocycles. The molecule has 0 bridgehead atoms. The van der Waals surface area contributed by atoms with Crippen molar-refractivity contribution in [1.82, 2.24) is 21.3 Å². The Kier molecular flexibility index (Phi) is 18.6. The minimum absolute atomic E-state index is 0.103. The Morgan fingerprint density at radius 2 is 0.933 bits per heavy atom. The van der Waals surface area contributed by atoms with Crippen molar-refractivity contribution in [1.29, 1.82) is 0 Å². The summed E-state index contributed by atoms with van der Waals surface area (Å²) in [5.41, 5.74) is 0. The van der Waals surface area contributed by atoms with Gasteiger partial charge < -0.3 is 31.5 Å². The summed E-state index contributed by atoms with van der Waals surface area (Å²) >= 11 is 0. The standard InChI is InChI=1S/C12H22O4.2C4H8N2O/c13-11(14)9-7-5-3-1-2-4-6-8-10-12(15)16;2*7-4-3-5-1-2-6-4/h1-10H2,(H,13,14)(H,15,16);2*5H,1-3H2,(H,6,7). The lowest BCUT2D eigenvalue weighted by molar-refractivity contribution is -0.138. The molecule has 0 aromatic rings. The van der Waals surface area contributed by atoms with Gasteiger partial charge in [-0.15, -0.1) is 0 Å². The van der Waals surface area contributed by atoms with Crippen LogP contribution in [0.1, 0.15) is 64.2 Å². The molecule has 0 aromatic carbocycles. The van der Waals surface area contributed by atoms with Crippen LogP contribution < -0.4 is 21.3 Å². The van der Waals surface area contributed by atoms with Crippen LogP contribution in [0, 0.1) is 0 Å². The highest BCUT2D eigenvalue weighted by Gasteiger charge is 2.03. The maximum atomic E-state index is 10.3. The Bertz CT molecular complexity index is 442. The Morgan fingerprint density at radius 3 is 1.13 bits per heavy atom. The summed E-state index contributed by atoms with van der Waals surface area (Å²) in [5.74, 6) is -1.22. The summed E-state index contributed by atoms with van der Waals surface area (Å²) in [6.07, 6.45) is 8.51. The molecule has 2 fully saturated rings. The van der Waals surface area contributed by atoms with Crippen LogP contribution >= 0.6 is 0 Å². The molecule has 10 heteroatoms. The Labute approximate surface area is 178 Å². The number of carbonyl (C=O) groups excluding carboxylic acids is 2. The summed E-state index contributed by atoms with van der Waals surface area (Å²) in [6, 6.07) is 0. The van der Waals surface area contributed by atoms with E-state index in [1.165, 1.54) is 0 Å². The third kappa shape index (κ3) is 22.1. The molecule has 30 heavy (non-hydrogen) atoms. The zero-order chi connectivity index (χ0) is 22.5. The maximum Gasteiger partial charge on any atom is 0.303 e. The molecule has 0 aliphatic carbocycles. The Morgan fingerprint density at radius 1 is 0.600 bits per heavy atom. The molecular weight excluding hydrogens is 392 g/mol. The number of hydrogen-bond acceptors (Lipinski definition) is 6. The van der Waals surface area contributed by atoms with Crippen molar-refractivity contribution in [3.8, 4) is 0 Å². The van der Waals surface area contributed by atoms with Crippen molar-refractivity contribution >= 4 is 23.8 Å². The number of carboxylic acids is 2. The molecule has 6 N–H and O–H groups in total. The van der Waals surface area contributed by atoms with Gasteiger partial charge in [0, 0.05) is 39.0 Å². The number of amides is 2. The monoisotopic (exact) mass is 430 g/mol. The molecule has 10 nitrogen and oxygen atoms in total. The van der Waals surface area contributed by atoms with E-state index >= 15 is 0 Å². The first-order chi connectivity index (χ1) is 14.4. The molecule has 2 amide bonds. The third-order valence-corrected chi connectivity index (χ3v) is 4.35. The van der Waals surface area contributed by atoms with Crippen LogP contribution in [0.3, 0.4) is 0 Å². The van der Waals surface area contributed by atoms with E-state index in [-0.39, 0.29) is 24.7 Å². The molecule has 0 atom stereocenters. The molecule has 2 rings (SSSR count). The van der Waals surface area contributed by atoms with Crippen molar-refractivity contribution in [2.45, 2.75) is 64.2 Å². The second kappa shape index (κ2) is 20.1. The van der Waals surface area contributed by atoms with Gasteiger partial charge >= 0.3 is 11.9 Å². The van der Waals surface area contributed by atoms with Gasteiger partial charge in [0.05, 0.1) is 13.1 Å². The van der Waals surface area contributed by atoms with E-state index in [4.69, 9.17) is 10.2 Å². The number of nitrogens with one attached hydrogen (secondary N) is 4. The van der Waals surface area contributed by atoms with Crippen molar-refractivity contribution in [3.63, 3.8) is 0 Å². The van der Waals surface area contributed by atoms with Crippen LogP contribution in [0.5, 0.6) is 0 Å². The fourth-order valence-electron chi connectivity index (χ4n) is 2.72. The van der Waals surface area contributed by atoms with Crippen molar-refractivity contribution in [2.24, 2.45) is 0 Å². The fraction of sp³-hybridized carbons (Fsp3) is 0.800.